The van der Waals surface area contributed by atoms with Crippen molar-refractivity contribution in [3.05, 3.63) is 61.6 Å². The Bertz CT molecular complexity index is 988. The van der Waals surface area contributed by atoms with E-state index in [1.54, 1.807) is 12.1 Å². The minimum Gasteiger partial charge on any atom is -0.283 e. The predicted octanol–water partition coefficient (Wildman–Crippen LogP) is 6.20. The number of rotatable bonds is 4. The van der Waals surface area contributed by atoms with Crippen LogP contribution in [0.15, 0.2) is 47.6 Å². The maximum absolute atomic E-state index is 13.2. The molecule has 0 radical (unpaired) electrons. The van der Waals surface area contributed by atoms with E-state index in [1.807, 2.05) is 11.1 Å². The first kappa shape index (κ1) is 22.8. The van der Waals surface area contributed by atoms with Crippen molar-refractivity contribution < 1.29 is 4.79 Å². The van der Waals surface area contributed by atoms with E-state index in [0.717, 1.165) is 27.7 Å². The number of hydrazine groups is 1. The lowest BCUT2D eigenvalue weighted by Gasteiger charge is -2.38. The highest BCUT2D eigenvalue weighted by Crippen LogP contribution is 2.39. The molecule has 4 rings (SSSR count). The van der Waals surface area contributed by atoms with Gasteiger partial charge in [-0.25, -0.2) is 5.01 Å². The second kappa shape index (κ2) is 9.65. The Morgan fingerprint density at radius 1 is 1.10 bits per heavy atom. The number of amides is 1. The quantitative estimate of drug-likeness (QED) is 0.445. The highest BCUT2D eigenvalue weighted by molar-refractivity contribution is 14.1. The molecule has 0 aromatic heterocycles. The number of benzene rings is 2. The average molecular weight is 571 g/mol. The zero-order chi connectivity index (χ0) is 22.1. The van der Waals surface area contributed by atoms with Crippen LogP contribution >= 0.6 is 45.8 Å². The van der Waals surface area contributed by atoms with Crippen molar-refractivity contribution in [2.24, 2.45) is 5.10 Å². The molecule has 0 bridgehead atoms. The lowest BCUT2D eigenvalue weighted by Crippen LogP contribution is -2.55. The Morgan fingerprint density at radius 2 is 1.77 bits per heavy atom. The van der Waals surface area contributed by atoms with Gasteiger partial charge in [-0.05, 0) is 85.2 Å². The van der Waals surface area contributed by atoms with Gasteiger partial charge in [-0.1, -0.05) is 41.8 Å². The van der Waals surface area contributed by atoms with Crippen molar-refractivity contribution in [3.63, 3.8) is 0 Å². The van der Waals surface area contributed by atoms with Crippen LogP contribution in [0.4, 0.5) is 5.69 Å². The van der Waals surface area contributed by atoms with E-state index in [2.05, 4.69) is 71.1 Å². The number of piperidine rings is 1. The number of hydrogen-bond donors (Lipinski definition) is 1. The molecule has 3 atom stereocenters. The van der Waals surface area contributed by atoms with Gasteiger partial charge in [-0.3, -0.25) is 15.2 Å². The molecule has 8 heteroatoms. The first-order valence-corrected chi connectivity index (χ1v) is 12.3. The average Bonchev–Trinajstić information content (AvgIpc) is 3.16. The first-order chi connectivity index (χ1) is 14.8. The van der Waals surface area contributed by atoms with Crippen LogP contribution in [0.5, 0.6) is 0 Å². The number of hydrogen-bond acceptors (Lipinski definition) is 4. The van der Waals surface area contributed by atoms with Crippen molar-refractivity contribution in [2.45, 2.75) is 57.7 Å². The van der Waals surface area contributed by atoms with Gasteiger partial charge in [0.2, 0.25) is 0 Å². The van der Waals surface area contributed by atoms with E-state index in [0.29, 0.717) is 34.3 Å². The Labute approximate surface area is 206 Å². The summed E-state index contributed by atoms with van der Waals surface area (Å²) < 4.78 is 1.15. The van der Waals surface area contributed by atoms with Crippen LogP contribution in [0.1, 0.15) is 51.1 Å². The minimum absolute atomic E-state index is 0.118. The summed E-state index contributed by atoms with van der Waals surface area (Å²) in [5.41, 5.74) is 5.43. The van der Waals surface area contributed by atoms with Gasteiger partial charge in [0, 0.05) is 27.1 Å². The molecule has 164 valence electrons. The number of nitrogens with zero attached hydrogens (tertiary/aromatic N) is 3. The van der Waals surface area contributed by atoms with E-state index < -0.39 is 0 Å². The summed E-state index contributed by atoms with van der Waals surface area (Å²) in [6.45, 7) is 4.31. The molecule has 2 aliphatic heterocycles. The molecule has 1 amide bonds. The van der Waals surface area contributed by atoms with Crippen LogP contribution in [-0.2, 0) is 4.79 Å². The molecule has 2 aromatic rings. The smallest absolute Gasteiger partial charge is 0.281 e. The monoisotopic (exact) mass is 570 g/mol. The Morgan fingerprint density at radius 3 is 2.42 bits per heavy atom. The maximum Gasteiger partial charge on any atom is 0.281 e. The van der Waals surface area contributed by atoms with Gasteiger partial charge in [-0.2, -0.15) is 5.10 Å². The summed E-state index contributed by atoms with van der Waals surface area (Å²) in [5.74, 6) is -0.149. The summed E-state index contributed by atoms with van der Waals surface area (Å²) in [7, 11) is 0. The molecule has 1 saturated heterocycles. The highest BCUT2D eigenvalue weighted by Gasteiger charge is 2.35. The van der Waals surface area contributed by atoms with E-state index in [9.17, 15) is 4.79 Å². The third-order valence-electron chi connectivity index (χ3n) is 6.01. The molecule has 31 heavy (non-hydrogen) atoms. The second-order valence-electron chi connectivity index (χ2n) is 8.24. The summed E-state index contributed by atoms with van der Waals surface area (Å²) in [6, 6.07) is 14.1. The van der Waals surface area contributed by atoms with Crippen LogP contribution in [0.25, 0.3) is 0 Å². The number of halogens is 3. The summed E-state index contributed by atoms with van der Waals surface area (Å²) >= 11 is 14.9. The fourth-order valence-corrected chi connectivity index (χ4v) is 5.16. The number of carbonyl (C=O) groups is 1. The Kier molecular flexibility index (Phi) is 7.10. The molecule has 3 unspecified atom stereocenters. The van der Waals surface area contributed by atoms with E-state index in [-0.39, 0.29) is 11.9 Å². The fraction of sp³-hybridized carbons (Fsp3) is 0.391. The molecule has 1 N–H and O–H groups in total. The van der Waals surface area contributed by atoms with Crippen molar-refractivity contribution in [1.82, 2.24) is 10.4 Å². The molecule has 0 aliphatic carbocycles. The first-order valence-electron chi connectivity index (χ1n) is 10.5. The maximum atomic E-state index is 13.2. The van der Waals surface area contributed by atoms with Crippen LogP contribution in [-0.4, -0.2) is 28.7 Å². The van der Waals surface area contributed by atoms with E-state index in [4.69, 9.17) is 28.3 Å². The zero-order valence-corrected chi connectivity index (χ0v) is 21.2. The fourth-order valence-electron chi connectivity index (χ4n) is 4.30. The molecule has 2 heterocycles. The minimum atomic E-state index is -0.149. The molecule has 0 spiro atoms. The summed E-state index contributed by atoms with van der Waals surface area (Å²) in [4.78, 5) is 13.2. The SMILES string of the molecule is CC1CCCC(C)N1NC(=O)C1=NN(c2ccc(Cl)cc2Cl)C(c2ccc(I)cc2)C1. The third-order valence-corrected chi connectivity index (χ3v) is 7.26. The molecule has 2 aromatic carbocycles. The molecular weight excluding hydrogens is 546 g/mol. The van der Waals surface area contributed by atoms with Gasteiger partial charge in [0.15, 0.2) is 0 Å². The lowest BCUT2D eigenvalue weighted by molar-refractivity contribution is -0.122. The van der Waals surface area contributed by atoms with Gasteiger partial charge in [0.25, 0.3) is 5.91 Å². The summed E-state index contributed by atoms with van der Waals surface area (Å²) in [6.07, 6.45) is 3.85. The van der Waals surface area contributed by atoms with E-state index in [1.165, 1.54) is 6.42 Å². The molecule has 5 nitrogen and oxygen atoms in total. The zero-order valence-electron chi connectivity index (χ0n) is 17.5. The second-order valence-corrected chi connectivity index (χ2v) is 10.3. The number of nitrogens with one attached hydrogen (secondary N) is 1. The van der Waals surface area contributed by atoms with Crippen molar-refractivity contribution >= 4 is 63.1 Å². The van der Waals surface area contributed by atoms with Crippen LogP contribution in [0.3, 0.4) is 0 Å². The van der Waals surface area contributed by atoms with Gasteiger partial charge < -0.3 is 0 Å². The molecule has 2 aliphatic rings. The highest BCUT2D eigenvalue weighted by atomic mass is 127. The summed E-state index contributed by atoms with van der Waals surface area (Å²) in [5, 5.41) is 9.72. The molecule has 1 fully saturated rings. The Hall–Kier alpha value is -1.35. The van der Waals surface area contributed by atoms with Crippen molar-refractivity contribution in [3.8, 4) is 0 Å². The van der Waals surface area contributed by atoms with Gasteiger partial charge in [0.05, 0.1) is 16.8 Å². The van der Waals surface area contributed by atoms with Crippen molar-refractivity contribution in [1.29, 1.82) is 0 Å². The lowest BCUT2D eigenvalue weighted by atomic mass is 9.99. The van der Waals surface area contributed by atoms with Crippen LogP contribution in [0, 0.1) is 3.57 Å². The number of carbonyl (C=O) groups excluding carboxylic acids is 1. The largest absolute Gasteiger partial charge is 0.283 e. The standard InChI is InChI=1S/C23H25Cl2IN4O/c1-14-4-3-5-15(2)29(14)28-23(31)20-13-22(16-6-9-18(26)10-7-16)30(27-20)21-11-8-17(24)12-19(21)25/h6-12,14-15,22H,3-5,13H2,1-2H3,(H,28,31). The number of anilines is 1. The normalized spacial score (nSPS) is 24.2. The molecule has 0 saturated carbocycles. The van der Waals surface area contributed by atoms with Gasteiger partial charge in [0.1, 0.15) is 5.71 Å². The molecular formula is C23H25Cl2IN4O. The third kappa shape index (κ3) is 5.02. The van der Waals surface area contributed by atoms with Crippen LogP contribution < -0.4 is 10.4 Å². The predicted molar refractivity (Wildman–Crippen MR) is 136 cm³/mol. The Balaban J connectivity index is 1.63. The number of hydrazone groups is 1. The van der Waals surface area contributed by atoms with Gasteiger partial charge in [-0.15, -0.1) is 0 Å². The topological polar surface area (TPSA) is 47.9 Å². The van der Waals surface area contributed by atoms with Gasteiger partial charge >= 0.3 is 0 Å². The van der Waals surface area contributed by atoms with Crippen molar-refractivity contribution in [2.75, 3.05) is 5.01 Å². The van der Waals surface area contributed by atoms with E-state index >= 15 is 0 Å². The van der Waals surface area contributed by atoms with Crippen LogP contribution in [0.2, 0.25) is 10.0 Å².